The number of hydrogen-bond donors (Lipinski definition) is 1. The molecular weight excluding hydrogens is 316 g/mol. The Labute approximate surface area is 150 Å². The molecule has 3 bridgehead atoms. The van der Waals surface area contributed by atoms with E-state index in [4.69, 9.17) is 4.74 Å². The van der Waals surface area contributed by atoms with E-state index in [1.807, 2.05) is 20.8 Å². The first kappa shape index (κ1) is 17.2. The zero-order chi connectivity index (χ0) is 17.8. The maximum atomic E-state index is 13.0. The molecule has 0 radical (unpaired) electrons. The maximum Gasteiger partial charge on any atom is 0.410 e. The van der Waals surface area contributed by atoms with Crippen molar-refractivity contribution < 1.29 is 14.3 Å². The smallest absolute Gasteiger partial charge is 0.410 e. The van der Waals surface area contributed by atoms with Gasteiger partial charge in [0.25, 0.3) is 0 Å². The van der Waals surface area contributed by atoms with Crippen LogP contribution in [0.1, 0.15) is 72.1 Å². The Bertz CT molecular complexity index is 562. The van der Waals surface area contributed by atoms with Crippen LogP contribution in [-0.4, -0.2) is 41.1 Å². The van der Waals surface area contributed by atoms with Crippen molar-refractivity contribution in [2.45, 2.75) is 89.8 Å². The molecule has 3 atom stereocenters. The van der Waals surface area contributed by atoms with Gasteiger partial charge in [0, 0.05) is 12.6 Å². The molecule has 5 rings (SSSR count). The van der Waals surface area contributed by atoms with Gasteiger partial charge in [-0.3, -0.25) is 9.69 Å². The molecule has 0 aromatic carbocycles. The van der Waals surface area contributed by atoms with Crippen LogP contribution in [0.5, 0.6) is 0 Å². The molecule has 4 aliphatic carbocycles. The third-order valence-corrected chi connectivity index (χ3v) is 6.88. The molecule has 5 fully saturated rings. The van der Waals surface area contributed by atoms with Gasteiger partial charge in [-0.25, -0.2) is 4.79 Å². The van der Waals surface area contributed by atoms with Crippen LogP contribution >= 0.6 is 0 Å². The fraction of sp³-hybridized carbons (Fsp3) is 0.900. The van der Waals surface area contributed by atoms with Crippen LogP contribution in [0.4, 0.5) is 4.79 Å². The second-order valence-electron chi connectivity index (χ2n) is 9.89. The van der Waals surface area contributed by atoms with Crippen LogP contribution in [0.15, 0.2) is 0 Å². The van der Waals surface area contributed by atoms with Crippen LogP contribution in [0.3, 0.4) is 0 Å². The van der Waals surface area contributed by atoms with Crippen molar-refractivity contribution >= 4 is 12.0 Å². The number of nitrogens with one attached hydrogen (secondary N) is 1. The summed E-state index contributed by atoms with van der Waals surface area (Å²) >= 11 is 0. The summed E-state index contributed by atoms with van der Waals surface area (Å²) in [6, 6.07) is -0.0269. The van der Waals surface area contributed by atoms with E-state index < -0.39 is 5.60 Å². The van der Waals surface area contributed by atoms with Crippen LogP contribution in [0.25, 0.3) is 0 Å². The van der Waals surface area contributed by atoms with Crippen molar-refractivity contribution in [1.29, 1.82) is 0 Å². The summed E-state index contributed by atoms with van der Waals surface area (Å²) in [5, 5.41) is 3.36. The van der Waals surface area contributed by atoms with Crippen molar-refractivity contribution in [2.24, 2.45) is 17.3 Å². The summed E-state index contributed by atoms with van der Waals surface area (Å²) < 4.78 is 5.49. The minimum absolute atomic E-state index is 0.0401. The van der Waals surface area contributed by atoms with E-state index >= 15 is 0 Å². The third kappa shape index (κ3) is 3.15. The average Bonchev–Trinajstić information content (AvgIpc) is 2.97. The highest BCUT2D eigenvalue weighted by atomic mass is 16.6. The SMILES string of the molecule is CC(C)(C)OC(=O)N1CCC[C@@H]1C(=O)NC1C2CCCC3(C2)CC1C3. The number of ether oxygens (including phenoxy) is 1. The lowest BCUT2D eigenvalue weighted by Crippen LogP contribution is -2.62. The molecule has 1 N–H and O–H groups in total. The maximum absolute atomic E-state index is 13.0. The van der Waals surface area contributed by atoms with E-state index in [9.17, 15) is 9.59 Å². The average molecular weight is 348 g/mol. The van der Waals surface area contributed by atoms with Gasteiger partial charge in [-0.1, -0.05) is 6.42 Å². The predicted molar refractivity (Wildman–Crippen MR) is 95.0 cm³/mol. The minimum atomic E-state index is -0.526. The van der Waals surface area contributed by atoms with Crippen LogP contribution in [-0.2, 0) is 9.53 Å². The lowest BCUT2D eigenvalue weighted by molar-refractivity contribution is -0.135. The van der Waals surface area contributed by atoms with E-state index in [-0.39, 0.29) is 18.0 Å². The molecule has 1 spiro atoms. The lowest BCUT2D eigenvalue weighted by atomic mass is 9.45. The van der Waals surface area contributed by atoms with Crippen molar-refractivity contribution in [3.63, 3.8) is 0 Å². The van der Waals surface area contributed by atoms with Gasteiger partial charge in [-0.15, -0.1) is 0 Å². The van der Waals surface area contributed by atoms with Gasteiger partial charge in [-0.2, -0.15) is 0 Å². The summed E-state index contributed by atoms with van der Waals surface area (Å²) in [7, 11) is 0. The Balaban J connectivity index is 1.39. The molecule has 4 saturated carbocycles. The summed E-state index contributed by atoms with van der Waals surface area (Å²) in [6.45, 7) is 6.21. The highest BCUT2D eigenvalue weighted by Gasteiger charge is 2.57. The first-order valence-corrected chi connectivity index (χ1v) is 10.1. The van der Waals surface area contributed by atoms with Gasteiger partial charge in [0.15, 0.2) is 0 Å². The normalized spacial score (nSPS) is 39.6. The summed E-state index contributed by atoms with van der Waals surface area (Å²) in [4.78, 5) is 27.0. The summed E-state index contributed by atoms with van der Waals surface area (Å²) in [6.07, 6.45) is 9.14. The third-order valence-electron chi connectivity index (χ3n) is 6.88. The van der Waals surface area contributed by atoms with E-state index in [2.05, 4.69) is 5.32 Å². The number of amides is 2. The quantitative estimate of drug-likeness (QED) is 0.831. The fourth-order valence-corrected chi connectivity index (χ4v) is 5.94. The summed E-state index contributed by atoms with van der Waals surface area (Å²) in [5.74, 6) is 1.36. The van der Waals surface area contributed by atoms with Gasteiger partial charge in [-0.05, 0) is 83.0 Å². The molecule has 1 aliphatic heterocycles. The monoisotopic (exact) mass is 348 g/mol. The van der Waals surface area contributed by atoms with E-state index in [0.717, 1.165) is 12.8 Å². The molecule has 5 nitrogen and oxygen atoms in total. The molecule has 5 aliphatic rings. The van der Waals surface area contributed by atoms with Gasteiger partial charge in [0.2, 0.25) is 5.91 Å². The molecule has 140 valence electrons. The Hall–Kier alpha value is -1.26. The standard InChI is InChI=1S/C20H32N2O3/c1-19(2,3)25-18(24)22-9-5-7-15(22)17(23)21-16-13-6-4-8-20(10-13)11-14(16)12-20/h13-16H,4-12H2,1-3H3,(H,21,23)/t13?,14?,15-,16?,20?/m1/s1. The molecule has 1 heterocycles. The molecule has 2 unspecified atom stereocenters. The van der Waals surface area contributed by atoms with Crippen molar-refractivity contribution in [3.8, 4) is 0 Å². The number of nitrogens with zero attached hydrogens (tertiary/aromatic N) is 1. The lowest BCUT2D eigenvalue weighted by Gasteiger charge is -2.62. The molecule has 0 aromatic rings. The first-order chi connectivity index (χ1) is 11.8. The molecule has 1 saturated heterocycles. The molecule has 25 heavy (non-hydrogen) atoms. The Kier molecular flexibility index (Phi) is 4.04. The van der Waals surface area contributed by atoms with Crippen LogP contribution in [0.2, 0.25) is 0 Å². The highest BCUT2D eigenvalue weighted by Crippen LogP contribution is 2.63. The number of carbonyl (C=O) groups excluding carboxylic acids is 2. The van der Waals surface area contributed by atoms with Crippen LogP contribution < -0.4 is 5.32 Å². The van der Waals surface area contributed by atoms with E-state index in [0.29, 0.717) is 29.8 Å². The van der Waals surface area contributed by atoms with E-state index in [1.54, 1.807) is 4.90 Å². The van der Waals surface area contributed by atoms with Crippen LogP contribution in [0, 0.1) is 17.3 Å². The fourth-order valence-electron chi connectivity index (χ4n) is 5.94. The molecule has 5 heteroatoms. The number of carbonyl (C=O) groups is 2. The first-order valence-electron chi connectivity index (χ1n) is 10.1. The molecule has 0 aromatic heterocycles. The number of hydrogen-bond acceptors (Lipinski definition) is 3. The van der Waals surface area contributed by atoms with Crippen molar-refractivity contribution in [1.82, 2.24) is 10.2 Å². The Morgan fingerprint density at radius 2 is 1.80 bits per heavy atom. The number of rotatable bonds is 2. The van der Waals surface area contributed by atoms with Gasteiger partial charge >= 0.3 is 6.09 Å². The predicted octanol–water partition coefficient (Wildman–Crippen LogP) is 3.47. The Morgan fingerprint density at radius 3 is 2.52 bits per heavy atom. The molecular formula is C20H32N2O3. The largest absolute Gasteiger partial charge is 0.444 e. The van der Waals surface area contributed by atoms with Gasteiger partial charge in [0.1, 0.15) is 11.6 Å². The highest BCUT2D eigenvalue weighted by molar-refractivity contribution is 5.86. The van der Waals surface area contributed by atoms with Crippen molar-refractivity contribution in [2.75, 3.05) is 6.54 Å². The Morgan fingerprint density at radius 1 is 1.08 bits per heavy atom. The van der Waals surface area contributed by atoms with Gasteiger partial charge in [0.05, 0.1) is 0 Å². The van der Waals surface area contributed by atoms with Gasteiger partial charge < -0.3 is 10.1 Å². The van der Waals surface area contributed by atoms with Crippen molar-refractivity contribution in [3.05, 3.63) is 0 Å². The minimum Gasteiger partial charge on any atom is -0.444 e. The number of likely N-dealkylation sites (tertiary alicyclic amines) is 1. The second-order valence-corrected chi connectivity index (χ2v) is 9.89. The molecule has 2 amide bonds. The second kappa shape index (κ2) is 5.88. The summed E-state index contributed by atoms with van der Waals surface area (Å²) in [5.41, 5.74) is 0.103. The zero-order valence-corrected chi connectivity index (χ0v) is 15.8. The topological polar surface area (TPSA) is 58.6 Å². The van der Waals surface area contributed by atoms with E-state index in [1.165, 1.54) is 38.5 Å². The zero-order valence-electron chi connectivity index (χ0n) is 15.8.